The summed E-state index contributed by atoms with van der Waals surface area (Å²) in [5.41, 5.74) is 5.46. The van der Waals surface area contributed by atoms with Crippen LogP contribution in [0.5, 0.6) is 11.5 Å². The molecule has 5 heteroatoms. The van der Waals surface area contributed by atoms with E-state index in [-0.39, 0.29) is 11.7 Å². The van der Waals surface area contributed by atoms with Gasteiger partial charge in [0.05, 0.1) is 19.8 Å². The average molecular weight is 411 g/mol. The Balaban J connectivity index is 2.09. The van der Waals surface area contributed by atoms with Gasteiger partial charge in [0, 0.05) is 10.6 Å². The van der Waals surface area contributed by atoms with Crippen molar-refractivity contribution in [3.05, 3.63) is 70.2 Å². The number of para-hydroxylation sites is 1. The van der Waals surface area contributed by atoms with Gasteiger partial charge in [-0.2, -0.15) is 0 Å². The van der Waals surface area contributed by atoms with Crippen LogP contribution < -0.4 is 4.74 Å². The standard InChI is InChI=1S/C24H23ClO4/c1-5-17-20(25)13-19(14(2)22(17)24(27)29-4)16-11-9-15(10-12-16)18-7-6-8-21(28-3)23(18)26/h6-13,26H,5H2,1-4H3. The van der Waals surface area contributed by atoms with Crippen molar-refractivity contribution in [2.75, 3.05) is 14.2 Å². The first kappa shape index (κ1) is 20.7. The molecule has 0 unspecified atom stereocenters. The number of phenolic OH excluding ortho intramolecular Hbond substituents is 1. The van der Waals surface area contributed by atoms with E-state index in [1.807, 2.05) is 56.3 Å². The number of rotatable bonds is 5. The molecule has 0 amide bonds. The summed E-state index contributed by atoms with van der Waals surface area (Å²) in [5, 5.41) is 10.9. The second-order valence-corrected chi connectivity index (χ2v) is 7.07. The smallest absolute Gasteiger partial charge is 0.338 e. The number of esters is 1. The van der Waals surface area contributed by atoms with Crippen molar-refractivity contribution in [3.63, 3.8) is 0 Å². The van der Waals surface area contributed by atoms with Crippen LogP contribution in [0.2, 0.25) is 5.02 Å². The van der Waals surface area contributed by atoms with Crippen LogP contribution in [0.3, 0.4) is 0 Å². The van der Waals surface area contributed by atoms with Crippen molar-refractivity contribution < 1.29 is 19.4 Å². The fourth-order valence-electron chi connectivity index (χ4n) is 3.58. The molecule has 3 aromatic carbocycles. The normalized spacial score (nSPS) is 10.7. The van der Waals surface area contributed by atoms with Gasteiger partial charge >= 0.3 is 5.97 Å². The Bertz CT molecular complexity index is 1060. The van der Waals surface area contributed by atoms with Gasteiger partial charge in [0.2, 0.25) is 0 Å². The first-order chi connectivity index (χ1) is 13.9. The molecule has 3 rings (SSSR count). The summed E-state index contributed by atoms with van der Waals surface area (Å²) in [6, 6.07) is 15.0. The van der Waals surface area contributed by atoms with E-state index in [9.17, 15) is 9.90 Å². The number of hydrogen-bond donors (Lipinski definition) is 1. The van der Waals surface area contributed by atoms with Crippen LogP contribution in [0.25, 0.3) is 22.3 Å². The SMILES string of the molecule is CCc1c(Cl)cc(-c2ccc(-c3cccc(OC)c3O)cc2)c(C)c1C(=O)OC. The van der Waals surface area contributed by atoms with E-state index in [0.29, 0.717) is 28.3 Å². The Morgan fingerprint density at radius 1 is 1.03 bits per heavy atom. The summed E-state index contributed by atoms with van der Waals surface area (Å²) in [6.45, 7) is 3.86. The van der Waals surface area contributed by atoms with E-state index in [1.54, 1.807) is 6.07 Å². The molecule has 0 radical (unpaired) electrons. The number of methoxy groups -OCH3 is 2. The minimum absolute atomic E-state index is 0.0993. The maximum Gasteiger partial charge on any atom is 0.338 e. The van der Waals surface area contributed by atoms with Crippen LogP contribution in [0, 0.1) is 6.92 Å². The van der Waals surface area contributed by atoms with Crippen LogP contribution in [-0.4, -0.2) is 25.3 Å². The quantitative estimate of drug-likeness (QED) is 0.520. The Morgan fingerprint density at radius 2 is 1.66 bits per heavy atom. The van der Waals surface area contributed by atoms with Gasteiger partial charge in [0.25, 0.3) is 0 Å². The van der Waals surface area contributed by atoms with Gasteiger partial charge in [-0.1, -0.05) is 54.9 Å². The lowest BCUT2D eigenvalue weighted by Crippen LogP contribution is -2.09. The monoisotopic (exact) mass is 410 g/mol. The molecule has 150 valence electrons. The summed E-state index contributed by atoms with van der Waals surface area (Å²) in [4.78, 5) is 12.4. The van der Waals surface area contributed by atoms with Crippen molar-refractivity contribution in [1.29, 1.82) is 0 Å². The van der Waals surface area contributed by atoms with E-state index in [4.69, 9.17) is 21.1 Å². The van der Waals surface area contributed by atoms with E-state index >= 15 is 0 Å². The second kappa shape index (κ2) is 8.58. The zero-order valence-corrected chi connectivity index (χ0v) is 17.6. The Kier molecular flexibility index (Phi) is 6.14. The van der Waals surface area contributed by atoms with Gasteiger partial charge in [-0.05, 0) is 53.3 Å². The molecule has 0 aliphatic heterocycles. The molecule has 3 aromatic rings. The van der Waals surface area contributed by atoms with Gasteiger partial charge < -0.3 is 14.6 Å². The van der Waals surface area contributed by atoms with Crippen LogP contribution in [0.1, 0.15) is 28.4 Å². The third-order valence-electron chi connectivity index (χ3n) is 5.11. The fraction of sp³-hybridized carbons (Fsp3) is 0.208. The third-order valence-corrected chi connectivity index (χ3v) is 5.45. The number of aromatic hydroxyl groups is 1. The van der Waals surface area contributed by atoms with Crippen LogP contribution >= 0.6 is 11.6 Å². The summed E-state index contributed by atoms with van der Waals surface area (Å²) >= 11 is 6.48. The van der Waals surface area contributed by atoms with Crippen molar-refractivity contribution in [3.8, 4) is 33.8 Å². The first-order valence-electron chi connectivity index (χ1n) is 9.29. The number of carbonyl (C=O) groups excluding carboxylic acids is 1. The molecular weight excluding hydrogens is 388 g/mol. The van der Waals surface area contributed by atoms with Crippen LogP contribution in [-0.2, 0) is 11.2 Å². The zero-order chi connectivity index (χ0) is 21.1. The van der Waals surface area contributed by atoms with Gasteiger partial charge in [-0.3, -0.25) is 0 Å². The molecule has 29 heavy (non-hydrogen) atoms. The molecule has 0 bridgehead atoms. The molecule has 0 spiro atoms. The highest BCUT2D eigenvalue weighted by Gasteiger charge is 2.21. The van der Waals surface area contributed by atoms with Crippen molar-refractivity contribution in [1.82, 2.24) is 0 Å². The van der Waals surface area contributed by atoms with E-state index in [2.05, 4.69) is 0 Å². The lowest BCUT2D eigenvalue weighted by Gasteiger charge is -2.16. The van der Waals surface area contributed by atoms with Crippen LogP contribution in [0.15, 0.2) is 48.5 Å². The predicted molar refractivity (Wildman–Crippen MR) is 116 cm³/mol. The molecule has 0 aliphatic carbocycles. The number of halogens is 1. The van der Waals surface area contributed by atoms with Crippen molar-refractivity contribution in [2.45, 2.75) is 20.3 Å². The highest BCUT2D eigenvalue weighted by Crippen LogP contribution is 2.39. The van der Waals surface area contributed by atoms with Crippen molar-refractivity contribution in [2.24, 2.45) is 0 Å². The highest BCUT2D eigenvalue weighted by atomic mass is 35.5. The van der Waals surface area contributed by atoms with Gasteiger partial charge in [-0.15, -0.1) is 0 Å². The lowest BCUT2D eigenvalue weighted by atomic mass is 9.91. The van der Waals surface area contributed by atoms with E-state index < -0.39 is 0 Å². The Labute approximate surface area is 175 Å². The van der Waals surface area contributed by atoms with E-state index in [1.165, 1.54) is 14.2 Å². The molecule has 0 aromatic heterocycles. The molecule has 0 saturated heterocycles. The molecule has 1 N–H and O–H groups in total. The topological polar surface area (TPSA) is 55.8 Å². The predicted octanol–water partition coefficient (Wildman–Crippen LogP) is 6.05. The van der Waals surface area contributed by atoms with Crippen LogP contribution in [0.4, 0.5) is 0 Å². The van der Waals surface area contributed by atoms with Crippen molar-refractivity contribution >= 4 is 17.6 Å². The maximum absolute atomic E-state index is 12.4. The average Bonchev–Trinajstić information content (AvgIpc) is 2.74. The third kappa shape index (κ3) is 3.81. The number of carbonyl (C=O) groups is 1. The second-order valence-electron chi connectivity index (χ2n) is 6.66. The Hall–Kier alpha value is -2.98. The molecule has 0 heterocycles. The Morgan fingerprint density at radius 3 is 2.21 bits per heavy atom. The number of ether oxygens (including phenoxy) is 2. The summed E-state index contributed by atoms with van der Waals surface area (Å²) in [6.07, 6.45) is 0.637. The minimum Gasteiger partial charge on any atom is -0.504 e. The summed E-state index contributed by atoms with van der Waals surface area (Å²) in [7, 11) is 2.89. The molecule has 0 fully saturated rings. The summed E-state index contributed by atoms with van der Waals surface area (Å²) < 4.78 is 10.2. The fourth-order valence-corrected chi connectivity index (χ4v) is 3.91. The van der Waals surface area contributed by atoms with E-state index in [0.717, 1.165) is 27.8 Å². The number of benzene rings is 3. The summed E-state index contributed by atoms with van der Waals surface area (Å²) in [5.74, 6) is 0.135. The molecular formula is C24H23ClO4. The molecule has 0 atom stereocenters. The number of phenols is 1. The van der Waals surface area contributed by atoms with Gasteiger partial charge in [0.1, 0.15) is 0 Å². The van der Waals surface area contributed by atoms with Gasteiger partial charge in [0.15, 0.2) is 11.5 Å². The molecule has 0 saturated carbocycles. The number of hydrogen-bond acceptors (Lipinski definition) is 4. The lowest BCUT2D eigenvalue weighted by molar-refractivity contribution is 0.0598. The minimum atomic E-state index is -0.388. The largest absolute Gasteiger partial charge is 0.504 e. The first-order valence-corrected chi connectivity index (χ1v) is 9.67. The zero-order valence-electron chi connectivity index (χ0n) is 16.9. The molecule has 0 aliphatic rings. The highest BCUT2D eigenvalue weighted by molar-refractivity contribution is 6.32. The maximum atomic E-state index is 12.4. The van der Waals surface area contributed by atoms with Gasteiger partial charge in [-0.25, -0.2) is 4.79 Å². The molecule has 4 nitrogen and oxygen atoms in total.